The van der Waals surface area contributed by atoms with Crippen molar-refractivity contribution < 1.29 is 33.9 Å². The van der Waals surface area contributed by atoms with Crippen LogP contribution >= 0.6 is 15.9 Å². The second kappa shape index (κ2) is 11.7. The number of hydrogen-bond donors (Lipinski definition) is 2. The summed E-state index contributed by atoms with van der Waals surface area (Å²) < 4.78 is 11.6. The summed E-state index contributed by atoms with van der Waals surface area (Å²) in [4.78, 5) is 43.8. The normalized spacial score (nSPS) is 24.8. The number of allylic oxidation sites excluding steroid dienone is 2. The fraction of sp³-hybridized carbons (Fsp3) is 0.379. The molecule has 1 aliphatic carbocycles. The molecule has 1 aromatic heterocycles. The highest BCUT2D eigenvalue weighted by Crippen LogP contribution is 2.51. The van der Waals surface area contributed by atoms with Gasteiger partial charge < -0.3 is 19.5 Å². The van der Waals surface area contributed by atoms with Crippen molar-refractivity contribution in [2.45, 2.75) is 45.0 Å². The van der Waals surface area contributed by atoms with E-state index in [-0.39, 0.29) is 12.1 Å². The number of carbonyl (C=O) groups is 3. The lowest BCUT2D eigenvalue weighted by atomic mass is 9.58. The van der Waals surface area contributed by atoms with Crippen LogP contribution in [0.25, 0.3) is 11.6 Å². The van der Waals surface area contributed by atoms with Crippen LogP contribution in [0.15, 0.2) is 58.2 Å². The lowest BCUT2D eigenvalue weighted by molar-refractivity contribution is -0.137. The molecule has 4 atom stereocenters. The van der Waals surface area contributed by atoms with E-state index < -0.39 is 48.9 Å². The minimum Gasteiger partial charge on any atom is -0.507 e. The largest absolute Gasteiger partial charge is 0.507 e. The fourth-order valence-electron chi connectivity index (χ4n) is 6.32. The van der Waals surface area contributed by atoms with Crippen LogP contribution in [0.4, 0.5) is 4.79 Å². The number of pyridine rings is 1. The van der Waals surface area contributed by atoms with Gasteiger partial charge in [0.15, 0.2) is 0 Å². The van der Waals surface area contributed by atoms with Crippen molar-refractivity contribution in [2.24, 2.45) is 17.8 Å². The number of methoxy groups -OCH3 is 1. The SMILES string of the molecule is CCC1=C2[C@@H](CC/C(=C/c3cc(Br)ccc3O)c3ccccn3)OB(O)C[C@@H]2[C@@H]2C(=O)N(C(=O)OC)C(=O)[C@@H]2C1. The number of hydrogen-bond acceptors (Lipinski definition) is 8. The Morgan fingerprint density at radius 2 is 2.05 bits per heavy atom. The fourth-order valence-corrected chi connectivity index (χ4v) is 6.69. The molecule has 0 unspecified atom stereocenters. The molecule has 2 saturated heterocycles. The van der Waals surface area contributed by atoms with Gasteiger partial charge in [0, 0.05) is 16.2 Å². The van der Waals surface area contributed by atoms with Crippen molar-refractivity contribution in [2.75, 3.05) is 7.11 Å². The van der Waals surface area contributed by atoms with Gasteiger partial charge in [0.2, 0.25) is 11.8 Å². The number of likely N-dealkylation sites (tertiary alicyclic amines) is 1. The van der Waals surface area contributed by atoms with Gasteiger partial charge in [0.25, 0.3) is 0 Å². The van der Waals surface area contributed by atoms with E-state index in [1.165, 1.54) is 0 Å². The van der Waals surface area contributed by atoms with E-state index >= 15 is 0 Å². The molecule has 3 amide bonds. The Labute approximate surface area is 241 Å². The third-order valence-corrected chi connectivity index (χ3v) is 8.57. The van der Waals surface area contributed by atoms with Crippen LogP contribution in [0.5, 0.6) is 5.75 Å². The molecule has 11 heteroatoms. The first-order chi connectivity index (χ1) is 19.2. The lowest BCUT2D eigenvalue weighted by Gasteiger charge is -2.43. The second-order valence-electron chi connectivity index (χ2n) is 10.3. The molecule has 2 aromatic rings. The van der Waals surface area contributed by atoms with Crippen molar-refractivity contribution >= 4 is 52.6 Å². The summed E-state index contributed by atoms with van der Waals surface area (Å²) in [5.74, 6) is -2.82. The maximum atomic E-state index is 13.3. The Balaban J connectivity index is 1.48. The van der Waals surface area contributed by atoms with E-state index in [9.17, 15) is 24.5 Å². The summed E-state index contributed by atoms with van der Waals surface area (Å²) in [6.45, 7) is 2.00. The molecule has 0 saturated carbocycles. The predicted molar refractivity (Wildman–Crippen MR) is 151 cm³/mol. The van der Waals surface area contributed by atoms with Crippen molar-refractivity contribution in [1.82, 2.24) is 9.88 Å². The molecule has 3 heterocycles. The number of benzene rings is 1. The number of ether oxygens (including phenoxy) is 1. The average molecular weight is 609 g/mol. The number of halogens is 1. The molecule has 0 spiro atoms. The third-order valence-electron chi connectivity index (χ3n) is 8.08. The number of fused-ring (bicyclic) bond motifs is 3. The molecule has 208 valence electrons. The Hall–Kier alpha value is -3.28. The Kier molecular flexibility index (Phi) is 8.25. The van der Waals surface area contributed by atoms with Crippen LogP contribution in [-0.4, -0.2) is 58.3 Å². The molecular formula is C29H30BBrN2O7. The zero-order chi connectivity index (χ0) is 28.6. The molecule has 0 radical (unpaired) electrons. The van der Waals surface area contributed by atoms with Gasteiger partial charge in [-0.25, -0.2) is 4.79 Å². The van der Waals surface area contributed by atoms with E-state index in [1.54, 1.807) is 18.3 Å². The summed E-state index contributed by atoms with van der Waals surface area (Å²) >= 11 is 3.46. The molecule has 2 aliphatic heterocycles. The van der Waals surface area contributed by atoms with Crippen LogP contribution in [-0.2, 0) is 19.0 Å². The number of nitrogens with zero attached hydrogens (tertiary/aromatic N) is 2. The zero-order valence-electron chi connectivity index (χ0n) is 22.2. The molecule has 2 fully saturated rings. The molecule has 3 aliphatic rings. The van der Waals surface area contributed by atoms with Crippen molar-refractivity contribution in [3.8, 4) is 5.75 Å². The van der Waals surface area contributed by atoms with Crippen molar-refractivity contribution in [3.63, 3.8) is 0 Å². The molecular weight excluding hydrogens is 579 g/mol. The van der Waals surface area contributed by atoms with Gasteiger partial charge in [0.1, 0.15) is 5.75 Å². The highest BCUT2D eigenvalue weighted by atomic mass is 79.9. The number of rotatable bonds is 6. The van der Waals surface area contributed by atoms with Gasteiger partial charge in [0.05, 0.1) is 30.7 Å². The summed E-state index contributed by atoms with van der Waals surface area (Å²) in [6, 6.07) is 10.8. The number of phenolic OH excluding ortho intramolecular Hbond substituents is 1. The quantitative estimate of drug-likeness (QED) is 0.271. The summed E-state index contributed by atoms with van der Waals surface area (Å²) in [5, 5.41) is 21.2. The van der Waals surface area contributed by atoms with Gasteiger partial charge in [-0.3, -0.25) is 14.6 Å². The number of imide groups is 3. The van der Waals surface area contributed by atoms with Crippen LogP contribution < -0.4 is 0 Å². The summed E-state index contributed by atoms with van der Waals surface area (Å²) in [6.07, 6.45) is 4.27. The van der Waals surface area contributed by atoms with Crippen LogP contribution in [0, 0.1) is 17.8 Å². The first-order valence-electron chi connectivity index (χ1n) is 13.3. The molecule has 9 nitrogen and oxygen atoms in total. The highest BCUT2D eigenvalue weighted by molar-refractivity contribution is 9.10. The summed E-state index contributed by atoms with van der Waals surface area (Å²) in [7, 11) is 0.0167. The van der Waals surface area contributed by atoms with E-state index in [2.05, 4.69) is 20.9 Å². The van der Waals surface area contributed by atoms with Crippen molar-refractivity contribution in [1.29, 1.82) is 0 Å². The van der Waals surface area contributed by atoms with Crippen molar-refractivity contribution in [3.05, 3.63) is 69.5 Å². The number of carbonyl (C=O) groups excluding carboxylic acids is 3. The average Bonchev–Trinajstić information content (AvgIpc) is 3.21. The van der Waals surface area contributed by atoms with Gasteiger partial charge in [-0.2, -0.15) is 4.90 Å². The smallest absolute Gasteiger partial charge is 0.455 e. The van der Waals surface area contributed by atoms with Crippen LogP contribution in [0.2, 0.25) is 6.32 Å². The predicted octanol–water partition coefficient (Wildman–Crippen LogP) is 4.84. The first kappa shape index (κ1) is 28.3. The summed E-state index contributed by atoms with van der Waals surface area (Å²) in [5.41, 5.74) is 4.19. The molecule has 0 bridgehead atoms. The van der Waals surface area contributed by atoms with E-state index in [0.29, 0.717) is 36.1 Å². The lowest BCUT2D eigenvalue weighted by Crippen LogP contribution is -2.46. The topological polar surface area (TPSA) is 126 Å². The zero-order valence-corrected chi connectivity index (χ0v) is 23.8. The molecule has 2 N–H and O–H groups in total. The Morgan fingerprint density at radius 1 is 1.25 bits per heavy atom. The minimum absolute atomic E-state index is 0.134. The standard InChI is InChI=1S/C29H30BBrN2O7/c1-3-16-14-20-26(28(36)33(27(20)35)29(37)39-2)21-15-30(38)40-24(25(16)21)10-7-17(22-6-4-5-11-32-22)12-18-13-19(31)8-9-23(18)34/h4-6,8-9,11-13,20-21,24,26,34,38H,3,7,10,14-15H2,1-2H3/b17-12-/t20-,21+,24-,26-/m1/s1. The first-order valence-corrected chi connectivity index (χ1v) is 14.1. The monoisotopic (exact) mass is 608 g/mol. The number of aromatic hydroxyl groups is 1. The second-order valence-corrected chi connectivity index (χ2v) is 11.2. The van der Waals surface area contributed by atoms with Gasteiger partial charge in [-0.15, -0.1) is 0 Å². The van der Waals surface area contributed by atoms with Gasteiger partial charge in [-0.05, 0) is 85.5 Å². The van der Waals surface area contributed by atoms with Gasteiger partial charge >= 0.3 is 13.2 Å². The van der Waals surface area contributed by atoms with Crippen LogP contribution in [0.3, 0.4) is 0 Å². The molecule has 5 rings (SSSR count). The van der Waals surface area contributed by atoms with E-state index in [4.69, 9.17) is 9.39 Å². The maximum Gasteiger partial charge on any atom is 0.455 e. The van der Waals surface area contributed by atoms with Crippen LogP contribution in [0.1, 0.15) is 43.9 Å². The van der Waals surface area contributed by atoms with E-state index in [1.807, 2.05) is 37.3 Å². The van der Waals surface area contributed by atoms with E-state index in [0.717, 1.165) is 34.0 Å². The van der Waals surface area contributed by atoms with Gasteiger partial charge in [-0.1, -0.05) is 34.5 Å². The Morgan fingerprint density at radius 3 is 2.75 bits per heavy atom. The number of phenols is 1. The molecule has 40 heavy (non-hydrogen) atoms. The Bertz CT molecular complexity index is 1400. The number of aromatic nitrogens is 1. The maximum absolute atomic E-state index is 13.3. The number of amides is 3. The highest BCUT2D eigenvalue weighted by Gasteiger charge is 2.59. The third kappa shape index (κ3) is 5.25. The molecule has 1 aromatic carbocycles. The minimum atomic E-state index is -1.12.